The zero-order valence-electron chi connectivity index (χ0n) is 6.03. The van der Waals surface area contributed by atoms with Crippen molar-refractivity contribution >= 4 is 42.0 Å². The molecule has 0 aliphatic heterocycles. The van der Waals surface area contributed by atoms with Crippen molar-refractivity contribution in [3.05, 3.63) is 0 Å². The van der Waals surface area contributed by atoms with Gasteiger partial charge in [-0.3, -0.25) is 0 Å². The van der Waals surface area contributed by atoms with Crippen LogP contribution in [0.5, 0.6) is 0 Å². The van der Waals surface area contributed by atoms with Gasteiger partial charge < -0.3 is 0 Å². The van der Waals surface area contributed by atoms with Crippen molar-refractivity contribution in [2.75, 3.05) is 0 Å². The summed E-state index contributed by atoms with van der Waals surface area (Å²) in [6, 6.07) is 0. The molecular formula is C4H13As2O3P. The van der Waals surface area contributed by atoms with E-state index in [1.54, 1.807) is 0 Å². The van der Waals surface area contributed by atoms with Gasteiger partial charge in [0.2, 0.25) is 0 Å². The molecule has 4 unspecified atom stereocenters. The van der Waals surface area contributed by atoms with Gasteiger partial charge in [0, 0.05) is 0 Å². The topological polar surface area (TPSA) is 35.5 Å². The summed E-state index contributed by atoms with van der Waals surface area (Å²) in [6.45, 7) is 3.72. The van der Waals surface area contributed by atoms with Crippen molar-refractivity contribution in [2.24, 2.45) is 0 Å². The third-order valence-electron chi connectivity index (χ3n) is 0.564. The van der Waals surface area contributed by atoms with Crippen LogP contribution in [0, 0.1) is 0 Å². The third kappa shape index (κ3) is 7.37. The molecule has 0 rings (SSSR count). The monoisotopic (exact) mass is 290 g/mol. The average Bonchev–Trinajstić information content (AvgIpc) is 1.58. The minimum absolute atomic E-state index is 0.0464. The fourth-order valence-electron chi connectivity index (χ4n) is 0.331. The Balaban J connectivity index is 3.44. The Morgan fingerprint density at radius 3 is 1.70 bits per heavy atom. The maximum atomic E-state index is 10.8. The standard InChI is InChI=1S/C4H13As2O3P/c1-3(5)8-10(7)9-4(2)6/h3-4,10H,5-6H2,1-2H3. The molecule has 0 heterocycles. The van der Waals surface area contributed by atoms with Crippen molar-refractivity contribution < 1.29 is 13.6 Å². The van der Waals surface area contributed by atoms with Crippen LogP contribution in [0.25, 0.3) is 0 Å². The van der Waals surface area contributed by atoms with Crippen LogP contribution in [0.15, 0.2) is 0 Å². The van der Waals surface area contributed by atoms with Crippen molar-refractivity contribution in [2.45, 2.75) is 23.6 Å². The van der Waals surface area contributed by atoms with Gasteiger partial charge in [-0.05, 0) is 0 Å². The van der Waals surface area contributed by atoms with Crippen LogP contribution in [0.4, 0.5) is 0 Å². The van der Waals surface area contributed by atoms with Crippen LogP contribution in [0.1, 0.15) is 13.8 Å². The van der Waals surface area contributed by atoms with E-state index in [1.165, 1.54) is 33.7 Å². The Kier molecular flexibility index (Phi) is 6.60. The number of rotatable bonds is 4. The quantitative estimate of drug-likeness (QED) is 0.511. The molecule has 0 saturated heterocycles. The normalized spacial score (nSPS) is 20.0. The van der Waals surface area contributed by atoms with Gasteiger partial charge in [0.15, 0.2) is 0 Å². The van der Waals surface area contributed by atoms with E-state index in [9.17, 15) is 4.57 Å². The van der Waals surface area contributed by atoms with Crippen LogP contribution in [0.3, 0.4) is 0 Å². The van der Waals surface area contributed by atoms with Gasteiger partial charge in [-0.2, -0.15) is 0 Å². The van der Waals surface area contributed by atoms with Gasteiger partial charge >= 0.3 is 79.2 Å². The number of hydrogen-bond donors (Lipinski definition) is 0. The van der Waals surface area contributed by atoms with E-state index in [4.69, 9.17) is 9.05 Å². The van der Waals surface area contributed by atoms with Crippen molar-refractivity contribution in [3.8, 4) is 0 Å². The fraction of sp³-hybridized carbons (Fsp3) is 1.00. The zero-order chi connectivity index (χ0) is 8.15. The van der Waals surface area contributed by atoms with E-state index in [0.29, 0.717) is 0 Å². The van der Waals surface area contributed by atoms with E-state index in [0.717, 1.165) is 0 Å². The van der Waals surface area contributed by atoms with Gasteiger partial charge in [0.05, 0.1) is 0 Å². The summed E-state index contributed by atoms with van der Waals surface area (Å²) in [5.41, 5.74) is 0. The fourth-order valence-corrected chi connectivity index (χ4v) is 2.39. The molecule has 0 fully saturated rings. The second-order valence-corrected chi connectivity index (χ2v) is 6.81. The van der Waals surface area contributed by atoms with E-state index in [1.807, 2.05) is 13.8 Å². The van der Waals surface area contributed by atoms with Crippen LogP contribution >= 0.6 is 8.25 Å². The molecule has 0 amide bonds. The first-order valence-corrected chi connectivity index (χ1v) is 6.93. The molecule has 3 nitrogen and oxygen atoms in total. The van der Waals surface area contributed by atoms with Gasteiger partial charge in [0.1, 0.15) is 0 Å². The molecule has 0 spiro atoms. The molecular weight excluding hydrogens is 277 g/mol. The Bertz CT molecular complexity index is 105. The van der Waals surface area contributed by atoms with E-state index >= 15 is 0 Å². The first-order valence-electron chi connectivity index (χ1n) is 2.91. The van der Waals surface area contributed by atoms with E-state index in [-0.39, 0.29) is 9.78 Å². The summed E-state index contributed by atoms with van der Waals surface area (Å²) in [7, 11) is -2.21. The summed E-state index contributed by atoms with van der Waals surface area (Å²) in [5.74, 6) is 0. The molecule has 0 aromatic carbocycles. The maximum absolute atomic E-state index is 10.8. The summed E-state index contributed by atoms with van der Waals surface area (Å²) in [5, 5.41) is 0. The molecule has 0 aliphatic carbocycles. The SMILES string of the molecule is CC([AsH2])O[PH](=O)OC(C)[AsH2]. The predicted molar refractivity (Wildman–Crippen MR) is 47.2 cm³/mol. The molecule has 0 bridgehead atoms. The first kappa shape index (κ1) is 11.3. The predicted octanol–water partition coefficient (Wildman–Crippen LogP) is -0.633. The Hall–Kier alpha value is 1.27. The average molecular weight is 290 g/mol. The molecule has 0 aromatic heterocycles. The van der Waals surface area contributed by atoms with Crippen LogP contribution in [-0.4, -0.2) is 43.5 Å². The van der Waals surface area contributed by atoms with Crippen molar-refractivity contribution in [1.82, 2.24) is 0 Å². The molecule has 0 radical (unpaired) electrons. The first-order chi connectivity index (χ1) is 4.52. The second kappa shape index (κ2) is 5.86. The minimum atomic E-state index is -2.21. The van der Waals surface area contributed by atoms with E-state index in [2.05, 4.69) is 0 Å². The molecule has 10 heavy (non-hydrogen) atoms. The Morgan fingerprint density at radius 2 is 1.50 bits per heavy atom. The number of hydrogen-bond acceptors (Lipinski definition) is 3. The van der Waals surface area contributed by atoms with Gasteiger partial charge in [-0.15, -0.1) is 0 Å². The Labute approximate surface area is 79.2 Å². The summed E-state index contributed by atoms with van der Waals surface area (Å²) < 4.78 is 20.7. The van der Waals surface area contributed by atoms with Crippen molar-refractivity contribution in [3.63, 3.8) is 0 Å². The summed E-state index contributed by atoms with van der Waals surface area (Å²) in [4.78, 5) is 0.0928. The molecule has 62 valence electrons. The molecule has 0 N–H and O–H groups in total. The Morgan fingerprint density at radius 1 is 1.20 bits per heavy atom. The van der Waals surface area contributed by atoms with Crippen LogP contribution < -0.4 is 0 Å². The molecule has 0 saturated carbocycles. The molecule has 4 atom stereocenters. The van der Waals surface area contributed by atoms with Crippen LogP contribution in [-0.2, 0) is 13.6 Å². The van der Waals surface area contributed by atoms with E-state index < -0.39 is 8.25 Å². The van der Waals surface area contributed by atoms with Crippen LogP contribution in [0.2, 0.25) is 0 Å². The summed E-state index contributed by atoms with van der Waals surface area (Å²) >= 11 is 2.82. The van der Waals surface area contributed by atoms with Crippen molar-refractivity contribution in [1.29, 1.82) is 0 Å². The van der Waals surface area contributed by atoms with Gasteiger partial charge in [-0.1, -0.05) is 0 Å². The summed E-state index contributed by atoms with van der Waals surface area (Å²) in [6.07, 6.45) is 0. The second-order valence-electron chi connectivity index (χ2n) is 1.90. The van der Waals surface area contributed by atoms with Gasteiger partial charge in [-0.25, -0.2) is 0 Å². The zero-order valence-corrected chi connectivity index (χ0v) is 11.9. The van der Waals surface area contributed by atoms with Gasteiger partial charge in [0.25, 0.3) is 0 Å². The molecule has 6 heteroatoms. The molecule has 0 aromatic rings. The third-order valence-corrected chi connectivity index (χ3v) is 3.41. The molecule has 0 aliphatic rings.